The number of ether oxygens (including phenoxy) is 1. The fourth-order valence-corrected chi connectivity index (χ4v) is 3.43. The van der Waals surface area contributed by atoms with Gasteiger partial charge in [-0.2, -0.15) is 9.97 Å². The maximum Gasteiger partial charge on any atom is 0.353 e. The topological polar surface area (TPSA) is 115 Å². The van der Waals surface area contributed by atoms with E-state index in [0.29, 0.717) is 37.9 Å². The van der Waals surface area contributed by atoms with E-state index in [1.165, 1.54) is 4.90 Å². The smallest absolute Gasteiger partial charge is 0.353 e. The Balaban J connectivity index is 1.97. The van der Waals surface area contributed by atoms with Crippen molar-refractivity contribution < 1.29 is 14.6 Å². The number of nitrogen functional groups attached to an aromatic ring is 1. The van der Waals surface area contributed by atoms with Crippen molar-refractivity contribution in [2.75, 3.05) is 61.8 Å². The third-order valence-corrected chi connectivity index (χ3v) is 4.68. The van der Waals surface area contributed by atoms with E-state index in [-0.39, 0.29) is 23.7 Å². The molecule has 1 aromatic rings. The average molecular weight is 352 g/mol. The van der Waals surface area contributed by atoms with Crippen molar-refractivity contribution in [1.29, 1.82) is 0 Å². The van der Waals surface area contributed by atoms with Gasteiger partial charge in [-0.1, -0.05) is 0 Å². The van der Waals surface area contributed by atoms with E-state index in [1.54, 1.807) is 0 Å². The third kappa shape index (κ3) is 3.74. The number of nitrogens with zero attached hydrogens (tertiary/aromatic N) is 5. The van der Waals surface area contributed by atoms with E-state index >= 15 is 0 Å². The monoisotopic (exact) mass is 352 g/mol. The Labute approximate surface area is 146 Å². The number of hydrogen-bond acceptors (Lipinski definition) is 8. The molecule has 3 rings (SSSR count). The molecule has 0 radical (unpaired) electrons. The average Bonchev–Trinajstić information content (AvgIpc) is 2.53. The van der Waals surface area contributed by atoms with Crippen LogP contribution < -0.4 is 20.4 Å². The van der Waals surface area contributed by atoms with Crippen molar-refractivity contribution in [3.05, 3.63) is 10.1 Å². The van der Waals surface area contributed by atoms with Gasteiger partial charge in [0.05, 0.1) is 50.4 Å². The molecule has 138 valence electrons. The number of morpholine rings is 1. The number of hydrogen-bond donors (Lipinski definition) is 2. The number of aromatic nitrogens is 2. The molecule has 2 aliphatic heterocycles. The molecule has 0 saturated carbocycles. The molecule has 10 nitrogen and oxygen atoms in total. The van der Waals surface area contributed by atoms with Gasteiger partial charge in [0.25, 0.3) is 0 Å². The zero-order valence-corrected chi connectivity index (χ0v) is 14.9. The zero-order valence-electron chi connectivity index (χ0n) is 14.9. The van der Waals surface area contributed by atoms with Gasteiger partial charge in [-0.05, 0) is 13.8 Å². The van der Waals surface area contributed by atoms with Gasteiger partial charge in [0.2, 0.25) is 17.6 Å². The van der Waals surface area contributed by atoms with E-state index in [1.807, 2.05) is 23.6 Å². The number of anilines is 3. The summed E-state index contributed by atoms with van der Waals surface area (Å²) < 4.78 is 5.74. The summed E-state index contributed by atoms with van der Waals surface area (Å²) in [5, 5.41) is 11.5. The molecule has 0 bridgehead atoms. The molecule has 3 heterocycles. The highest BCUT2D eigenvalue weighted by Crippen LogP contribution is 2.33. The number of quaternary nitrogens is 1. The molecule has 0 aliphatic carbocycles. The highest BCUT2D eigenvalue weighted by atomic mass is 16.6. The van der Waals surface area contributed by atoms with Crippen LogP contribution in [0.5, 0.6) is 0 Å². The highest BCUT2D eigenvalue weighted by molar-refractivity contribution is 5.71. The minimum atomic E-state index is -0.482. The van der Waals surface area contributed by atoms with E-state index in [0.717, 1.165) is 13.1 Å². The van der Waals surface area contributed by atoms with Crippen molar-refractivity contribution >= 4 is 23.3 Å². The molecule has 0 spiro atoms. The molecule has 1 aromatic heterocycles. The lowest BCUT2D eigenvalue weighted by Gasteiger charge is -2.36. The van der Waals surface area contributed by atoms with Gasteiger partial charge in [-0.15, -0.1) is 0 Å². The molecule has 0 aromatic carbocycles. The first kappa shape index (κ1) is 17.6. The first-order chi connectivity index (χ1) is 11.8. The summed E-state index contributed by atoms with van der Waals surface area (Å²) in [5.74, 6) is 0.682. The number of nitrogens with one attached hydrogen (secondary N) is 1. The fraction of sp³-hybridized carbons (Fsp3) is 0.733. The number of nitro groups is 1. The molecule has 2 saturated heterocycles. The lowest BCUT2D eigenvalue weighted by Crippen LogP contribution is -3.12. The Morgan fingerprint density at radius 2 is 1.80 bits per heavy atom. The Morgan fingerprint density at radius 1 is 1.20 bits per heavy atom. The Hall–Kier alpha value is -2.20. The molecule has 2 aliphatic rings. The molecule has 0 unspecified atom stereocenters. The summed E-state index contributed by atoms with van der Waals surface area (Å²) in [6, 6.07) is 0. The molecule has 3 N–H and O–H groups in total. The first-order valence-electron chi connectivity index (χ1n) is 8.63. The largest absolute Gasteiger partial charge is 0.378 e. The maximum atomic E-state index is 11.5. The van der Waals surface area contributed by atoms with Crippen LogP contribution in [0.15, 0.2) is 0 Å². The Kier molecular flexibility index (Phi) is 4.91. The predicted molar refractivity (Wildman–Crippen MR) is 94.2 cm³/mol. The minimum Gasteiger partial charge on any atom is -0.378 e. The summed E-state index contributed by atoms with van der Waals surface area (Å²) in [6.07, 6.45) is 0.0823. The van der Waals surface area contributed by atoms with Crippen molar-refractivity contribution in [1.82, 2.24) is 9.97 Å². The van der Waals surface area contributed by atoms with Crippen LogP contribution in [0.2, 0.25) is 0 Å². The van der Waals surface area contributed by atoms with E-state index < -0.39 is 4.92 Å². The van der Waals surface area contributed by atoms with Crippen LogP contribution in [0.25, 0.3) is 0 Å². The minimum absolute atomic E-state index is 0.0412. The summed E-state index contributed by atoms with van der Waals surface area (Å²) >= 11 is 0. The molecular weight excluding hydrogens is 326 g/mol. The molecule has 10 heteroatoms. The van der Waals surface area contributed by atoms with E-state index in [9.17, 15) is 10.1 Å². The van der Waals surface area contributed by atoms with Crippen LogP contribution in [-0.4, -0.2) is 73.4 Å². The highest BCUT2D eigenvalue weighted by Gasteiger charge is 2.32. The fourth-order valence-electron chi connectivity index (χ4n) is 3.43. The normalized spacial score (nSPS) is 25.2. The van der Waals surface area contributed by atoms with Crippen molar-refractivity contribution in [3.8, 4) is 0 Å². The van der Waals surface area contributed by atoms with Gasteiger partial charge in [0, 0.05) is 13.1 Å². The van der Waals surface area contributed by atoms with Crippen LogP contribution in [0.4, 0.5) is 23.3 Å². The molecule has 0 amide bonds. The predicted octanol–water partition coefficient (Wildman–Crippen LogP) is -1.08. The summed E-state index contributed by atoms with van der Waals surface area (Å²) in [7, 11) is 2.11. The van der Waals surface area contributed by atoms with Crippen LogP contribution in [0.3, 0.4) is 0 Å². The number of nitrogens with two attached hydrogens (primary N) is 1. The molecule has 2 fully saturated rings. The second-order valence-electron chi connectivity index (χ2n) is 6.94. The SMILES string of the molecule is C[C@@H]1CN(c2nc(N)c([N+](=O)[O-])c(N3CC[NH+](C)CC3)n2)C[C@@H](C)O1. The van der Waals surface area contributed by atoms with E-state index in [4.69, 9.17) is 10.5 Å². The van der Waals surface area contributed by atoms with Crippen LogP contribution in [-0.2, 0) is 4.74 Å². The van der Waals surface area contributed by atoms with Gasteiger partial charge in [-0.25, -0.2) is 0 Å². The van der Waals surface area contributed by atoms with Crippen LogP contribution >= 0.6 is 0 Å². The first-order valence-corrected chi connectivity index (χ1v) is 8.63. The Bertz CT molecular complexity index is 638. The molecule has 25 heavy (non-hydrogen) atoms. The third-order valence-electron chi connectivity index (χ3n) is 4.68. The number of piperazine rings is 1. The number of rotatable bonds is 3. The van der Waals surface area contributed by atoms with Gasteiger partial charge < -0.3 is 25.2 Å². The molecular formula is C15H26N7O3+. The van der Waals surface area contributed by atoms with E-state index in [2.05, 4.69) is 17.0 Å². The van der Waals surface area contributed by atoms with Gasteiger partial charge in [0.15, 0.2) is 0 Å². The van der Waals surface area contributed by atoms with Gasteiger partial charge in [0.1, 0.15) is 0 Å². The lowest BCUT2D eigenvalue weighted by molar-refractivity contribution is -0.880. The van der Waals surface area contributed by atoms with Crippen LogP contribution in [0, 0.1) is 10.1 Å². The summed E-state index contributed by atoms with van der Waals surface area (Å²) in [5.41, 5.74) is 5.75. The standard InChI is InChI=1S/C15H25N7O3/c1-10-8-21(9-11(2)25-10)15-17-13(16)12(22(23)24)14(18-15)20-6-4-19(3)5-7-20/h10-11H,4-9H2,1-3H3,(H2,16,17,18)/p+1/t10-,11-/m1/s1. The maximum absolute atomic E-state index is 11.5. The second-order valence-corrected chi connectivity index (χ2v) is 6.94. The second kappa shape index (κ2) is 6.96. The van der Waals surface area contributed by atoms with Crippen molar-refractivity contribution in [3.63, 3.8) is 0 Å². The van der Waals surface area contributed by atoms with Gasteiger partial charge >= 0.3 is 5.69 Å². The van der Waals surface area contributed by atoms with Gasteiger partial charge in [-0.3, -0.25) is 10.1 Å². The lowest BCUT2D eigenvalue weighted by atomic mass is 10.2. The Morgan fingerprint density at radius 3 is 2.36 bits per heavy atom. The summed E-state index contributed by atoms with van der Waals surface area (Å²) in [4.78, 5) is 25.1. The zero-order chi connectivity index (χ0) is 18.1. The quantitative estimate of drug-likeness (QED) is 0.521. The summed E-state index contributed by atoms with van der Waals surface area (Å²) in [6.45, 7) is 8.46. The number of likely N-dealkylation sites (N-methyl/N-ethyl adjacent to an activating group) is 1. The molecule has 2 atom stereocenters. The van der Waals surface area contributed by atoms with Crippen molar-refractivity contribution in [2.24, 2.45) is 0 Å². The van der Waals surface area contributed by atoms with Crippen molar-refractivity contribution in [2.45, 2.75) is 26.1 Å². The van der Waals surface area contributed by atoms with Crippen LogP contribution in [0.1, 0.15) is 13.8 Å².